The molecule has 1 aromatic heterocycles. The number of nitrogens with zero attached hydrogens (tertiary/aromatic N) is 2. The van der Waals surface area contributed by atoms with Crippen molar-refractivity contribution in [3.8, 4) is 5.88 Å². The van der Waals surface area contributed by atoms with E-state index in [1.165, 1.54) is 18.0 Å². The van der Waals surface area contributed by atoms with E-state index in [2.05, 4.69) is 5.10 Å². The van der Waals surface area contributed by atoms with Gasteiger partial charge in [-0.15, -0.1) is 0 Å². The summed E-state index contributed by atoms with van der Waals surface area (Å²) in [7, 11) is -0.365. The lowest BCUT2D eigenvalue weighted by atomic mass is 9.95. The fraction of sp³-hybridized carbons (Fsp3) is 0.450. The molecule has 0 aliphatic heterocycles. The first-order valence-electron chi connectivity index (χ1n) is 9.14. The number of aryl methyl sites for hydroxylation is 2. The quantitative estimate of drug-likeness (QED) is 0.329. The van der Waals surface area contributed by atoms with Gasteiger partial charge in [-0.2, -0.15) is 5.10 Å². The number of esters is 1. The van der Waals surface area contributed by atoms with Crippen molar-refractivity contribution in [2.45, 2.75) is 25.7 Å². The van der Waals surface area contributed by atoms with Crippen LogP contribution in [0.3, 0.4) is 0 Å². The number of hydrogen-bond donors (Lipinski definition) is 0. The average Bonchev–Trinajstić information content (AvgIpc) is 3.02. The number of ketones is 1. The molecule has 0 aliphatic rings. The van der Waals surface area contributed by atoms with Crippen LogP contribution in [0, 0.1) is 20.8 Å². The maximum atomic E-state index is 13.2. The van der Waals surface area contributed by atoms with Crippen LogP contribution in [0.25, 0.3) is 0 Å². The lowest BCUT2D eigenvalue weighted by Crippen LogP contribution is -2.19. The molecule has 0 N–H and O–H groups in total. The molecule has 0 fully saturated rings. The van der Waals surface area contributed by atoms with Crippen LogP contribution in [0.5, 0.6) is 5.88 Å². The molecule has 2 rings (SSSR count). The zero-order chi connectivity index (χ0) is 22.6. The van der Waals surface area contributed by atoms with Crippen molar-refractivity contribution in [3.63, 3.8) is 0 Å². The highest BCUT2D eigenvalue weighted by Gasteiger charge is 2.25. The van der Waals surface area contributed by atoms with Gasteiger partial charge in [0.1, 0.15) is 12.2 Å². The van der Waals surface area contributed by atoms with Gasteiger partial charge in [0.15, 0.2) is 22.2 Å². The molecule has 10 heteroatoms. The molecule has 0 unspecified atom stereocenters. The molecule has 0 spiro atoms. The number of rotatable bonds is 9. The van der Waals surface area contributed by atoms with Gasteiger partial charge in [-0.25, -0.2) is 17.9 Å². The Labute approximate surface area is 175 Å². The van der Waals surface area contributed by atoms with Crippen LogP contribution in [-0.4, -0.2) is 63.1 Å². The van der Waals surface area contributed by atoms with E-state index in [1.54, 1.807) is 33.9 Å². The van der Waals surface area contributed by atoms with E-state index in [1.807, 2.05) is 0 Å². The van der Waals surface area contributed by atoms with E-state index in [9.17, 15) is 18.0 Å². The molecule has 0 atom stereocenters. The Morgan fingerprint density at radius 1 is 1.10 bits per heavy atom. The average molecular weight is 439 g/mol. The summed E-state index contributed by atoms with van der Waals surface area (Å²) < 4.78 is 40.8. The zero-order valence-corrected chi connectivity index (χ0v) is 18.8. The Kier molecular flexibility index (Phi) is 7.38. The van der Waals surface area contributed by atoms with E-state index < -0.39 is 22.4 Å². The number of benzene rings is 1. The fourth-order valence-electron chi connectivity index (χ4n) is 3.17. The van der Waals surface area contributed by atoms with E-state index in [0.717, 1.165) is 6.26 Å². The minimum Gasteiger partial charge on any atom is -0.465 e. The Morgan fingerprint density at radius 2 is 1.77 bits per heavy atom. The SMILES string of the molecule is COCCOC(=O)COc1c(C(=O)c2cc(C)c(S(C)(=O)=O)c(C)c2C)cnn1C. The summed E-state index contributed by atoms with van der Waals surface area (Å²) in [5, 5.41) is 4.05. The Morgan fingerprint density at radius 3 is 2.37 bits per heavy atom. The van der Waals surface area contributed by atoms with E-state index in [0.29, 0.717) is 22.3 Å². The predicted octanol–water partition coefficient (Wildman–Crippen LogP) is 1.55. The zero-order valence-electron chi connectivity index (χ0n) is 17.9. The smallest absolute Gasteiger partial charge is 0.344 e. The molecule has 0 bridgehead atoms. The van der Waals surface area contributed by atoms with Crippen LogP contribution >= 0.6 is 0 Å². The van der Waals surface area contributed by atoms with Gasteiger partial charge in [-0.05, 0) is 43.5 Å². The van der Waals surface area contributed by atoms with Crippen molar-refractivity contribution in [3.05, 3.63) is 40.1 Å². The summed E-state index contributed by atoms with van der Waals surface area (Å²) >= 11 is 0. The Bertz CT molecular complexity index is 1070. The molecule has 9 nitrogen and oxygen atoms in total. The van der Waals surface area contributed by atoms with Gasteiger partial charge in [0, 0.05) is 26.0 Å². The summed E-state index contributed by atoms with van der Waals surface area (Å²) in [4.78, 5) is 25.2. The summed E-state index contributed by atoms with van der Waals surface area (Å²) in [6.45, 7) is 4.99. The van der Waals surface area contributed by atoms with Crippen LogP contribution in [-0.2, 0) is 31.2 Å². The van der Waals surface area contributed by atoms with Gasteiger partial charge in [-0.3, -0.25) is 4.79 Å². The molecule has 0 amide bonds. The minimum atomic E-state index is -3.44. The van der Waals surface area contributed by atoms with E-state index in [-0.39, 0.29) is 35.3 Å². The molecule has 0 aliphatic carbocycles. The highest BCUT2D eigenvalue weighted by Crippen LogP contribution is 2.29. The van der Waals surface area contributed by atoms with Gasteiger partial charge in [0.05, 0.1) is 17.7 Å². The lowest BCUT2D eigenvalue weighted by molar-refractivity contribution is -0.147. The van der Waals surface area contributed by atoms with Crippen molar-refractivity contribution in [2.75, 3.05) is 33.2 Å². The van der Waals surface area contributed by atoms with Gasteiger partial charge in [0.25, 0.3) is 0 Å². The largest absolute Gasteiger partial charge is 0.465 e. The maximum Gasteiger partial charge on any atom is 0.344 e. The highest BCUT2D eigenvalue weighted by molar-refractivity contribution is 7.90. The molecule has 1 aromatic carbocycles. The number of methoxy groups -OCH3 is 1. The van der Waals surface area contributed by atoms with Crippen LogP contribution in [0.2, 0.25) is 0 Å². The molecule has 1 heterocycles. The second-order valence-corrected chi connectivity index (χ2v) is 8.86. The number of aromatic nitrogens is 2. The van der Waals surface area contributed by atoms with E-state index >= 15 is 0 Å². The minimum absolute atomic E-state index is 0.0975. The number of hydrogen-bond acceptors (Lipinski definition) is 8. The first-order valence-corrected chi connectivity index (χ1v) is 11.0. The first kappa shape index (κ1) is 23.6. The number of ether oxygens (including phenoxy) is 3. The van der Waals surface area contributed by atoms with Gasteiger partial charge in [0.2, 0.25) is 5.88 Å². The molecule has 30 heavy (non-hydrogen) atoms. The highest BCUT2D eigenvalue weighted by atomic mass is 32.2. The number of carbonyl (C=O) groups excluding carboxylic acids is 2. The predicted molar refractivity (Wildman–Crippen MR) is 109 cm³/mol. The van der Waals surface area contributed by atoms with Crippen molar-refractivity contribution in [2.24, 2.45) is 7.05 Å². The van der Waals surface area contributed by atoms with Gasteiger partial charge in [-0.1, -0.05) is 0 Å². The second-order valence-electron chi connectivity index (χ2n) is 6.91. The van der Waals surface area contributed by atoms with Crippen LogP contribution in [0.1, 0.15) is 32.6 Å². The van der Waals surface area contributed by atoms with Gasteiger partial charge >= 0.3 is 5.97 Å². The van der Waals surface area contributed by atoms with Crippen LogP contribution in [0.15, 0.2) is 17.2 Å². The van der Waals surface area contributed by atoms with Crippen molar-refractivity contribution in [1.82, 2.24) is 9.78 Å². The molecule has 0 saturated carbocycles. The summed E-state index contributed by atoms with van der Waals surface area (Å²) in [6, 6.07) is 1.55. The number of sulfone groups is 1. The van der Waals surface area contributed by atoms with Crippen LogP contribution in [0.4, 0.5) is 0 Å². The first-order chi connectivity index (χ1) is 14.0. The van der Waals surface area contributed by atoms with Crippen molar-refractivity contribution < 1.29 is 32.2 Å². The molecular weight excluding hydrogens is 412 g/mol. The summed E-state index contributed by atoms with van der Waals surface area (Å²) in [5.41, 5.74) is 2.07. The molecule has 0 saturated heterocycles. The monoisotopic (exact) mass is 438 g/mol. The maximum absolute atomic E-state index is 13.2. The standard InChI is InChI=1S/C20H26N2O7S/c1-12-9-15(13(2)14(3)19(12)30(6,25)26)18(24)16-10-21-22(4)20(16)29-11-17(23)28-8-7-27-5/h9-10H,7-8,11H2,1-6H3. The molecule has 2 aromatic rings. The van der Waals surface area contributed by atoms with Crippen molar-refractivity contribution in [1.29, 1.82) is 0 Å². The third-order valence-electron chi connectivity index (χ3n) is 4.65. The molecule has 0 radical (unpaired) electrons. The third kappa shape index (κ3) is 5.06. The Hall–Kier alpha value is -2.72. The normalized spacial score (nSPS) is 11.4. The number of carbonyl (C=O) groups is 2. The molecule has 164 valence electrons. The summed E-state index contributed by atoms with van der Waals surface area (Å²) in [5.74, 6) is -0.868. The van der Waals surface area contributed by atoms with Crippen molar-refractivity contribution >= 4 is 21.6 Å². The third-order valence-corrected chi connectivity index (χ3v) is 6.02. The summed E-state index contributed by atoms with van der Waals surface area (Å²) in [6.07, 6.45) is 2.49. The van der Waals surface area contributed by atoms with E-state index in [4.69, 9.17) is 14.2 Å². The van der Waals surface area contributed by atoms with Gasteiger partial charge < -0.3 is 14.2 Å². The fourth-order valence-corrected chi connectivity index (χ4v) is 4.52. The Balaban J connectivity index is 2.34. The molecular formula is C20H26N2O7S. The van der Waals surface area contributed by atoms with Crippen LogP contribution < -0.4 is 4.74 Å². The second kappa shape index (κ2) is 9.40. The lowest BCUT2D eigenvalue weighted by Gasteiger charge is -2.15. The topological polar surface area (TPSA) is 114 Å².